The number of azide groups is 2. The highest BCUT2D eigenvalue weighted by atomic mass is 16.5. The molecule has 0 aromatic heterocycles. The number of nitrogens with zero attached hydrogens (tertiary/aromatic N) is 7. The second-order valence-electron chi connectivity index (χ2n) is 7.62. The van der Waals surface area contributed by atoms with E-state index in [-0.39, 0.29) is 55.5 Å². The minimum absolute atomic E-state index is 0. The fraction of sp³-hybridized carbons (Fsp3) is 0.700. The summed E-state index contributed by atoms with van der Waals surface area (Å²) >= 11 is 0. The molecule has 0 aromatic carbocycles. The fourth-order valence-electron chi connectivity index (χ4n) is 4.12. The van der Waals surface area contributed by atoms with E-state index < -0.39 is 0 Å². The van der Waals surface area contributed by atoms with Gasteiger partial charge in [0.1, 0.15) is 0 Å². The smallest absolute Gasteiger partial charge is 0.333 e. The molecule has 1 aliphatic heterocycles. The van der Waals surface area contributed by atoms with Gasteiger partial charge in [-0.1, -0.05) is 36.7 Å². The van der Waals surface area contributed by atoms with E-state index in [1.54, 1.807) is 0 Å². The van der Waals surface area contributed by atoms with Gasteiger partial charge in [0.15, 0.2) is 0 Å². The lowest BCUT2D eigenvalue weighted by Gasteiger charge is -2.30. The maximum Gasteiger partial charge on any atom is 0.333 e. The van der Waals surface area contributed by atoms with Gasteiger partial charge in [-0.05, 0) is 43.3 Å². The maximum absolute atomic E-state index is 11.4. The Morgan fingerprint density at radius 2 is 1.59 bits per heavy atom. The zero-order valence-electron chi connectivity index (χ0n) is 18.1. The van der Waals surface area contributed by atoms with Crippen molar-refractivity contribution < 1.29 is 19.1 Å². The first-order valence-electron chi connectivity index (χ1n) is 9.96. The second-order valence-corrected chi connectivity index (χ2v) is 7.62. The third kappa shape index (κ3) is 6.02. The molecule has 0 saturated carbocycles. The molecule has 2 aliphatic carbocycles. The number of likely N-dealkylation sites (N-methyl/N-ethyl adjacent to an activating group) is 1. The Bertz CT molecular complexity index is 860. The number of carbonyl (C=O) groups is 2. The van der Waals surface area contributed by atoms with Crippen LogP contribution >= 0.6 is 0 Å². The molecule has 1 heterocycles. The molecule has 1 saturated heterocycles. The summed E-state index contributed by atoms with van der Waals surface area (Å²) in [6, 6.07) is -0.259. The van der Waals surface area contributed by atoms with Crippen LogP contribution in [0.4, 0.5) is 0 Å². The predicted octanol–water partition coefficient (Wildman–Crippen LogP) is 3.01. The molecule has 3 aliphatic rings. The normalized spacial score (nSPS) is 31.8. The van der Waals surface area contributed by atoms with Crippen LogP contribution in [-0.4, -0.2) is 68.3 Å². The topological polar surface area (TPSA) is 179 Å². The zero-order chi connectivity index (χ0) is 23.1. The standard InChI is InChI=1S/C10H16N4O2.C9H12N4O2.CH4/c1-3-6-4-7(10(15)16-2)5-8(9(6)11)13-14-12;1-13-7-4-5(9(14)15-2)3-6(8(7)13)11-12-10;/h4,6,8-9H,3,5,11H2,1-2H3;4,6-8H,3H2,1-2H3;1H4/t6-,8?,9?;;/m1../s1. The monoisotopic (exact) mass is 448 g/mol. The number of hydrogen-bond acceptors (Lipinski definition) is 8. The van der Waals surface area contributed by atoms with Gasteiger partial charge < -0.3 is 15.2 Å². The summed E-state index contributed by atoms with van der Waals surface area (Å²) in [5, 5.41) is 7.35. The van der Waals surface area contributed by atoms with E-state index in [1.165, 1.54) is 14.2 Å². The van der Waals surface area contributed by atoms with E-state index in [0.717, 1.165) is 6.42 Å². The lowest BCUT2D eigenvalue weighted by Crippen LogP contribution is -2.43. The molecule has 0 aromatic rings. The van der Waals surface area contributed by atoms with E-state index in [9.17, 15) is 9.59 Å². The molecule has 32 heavy (non-hydrogen) atoms. The number of methoxy groups -OCH3 is 2. The molecule has 0 radical (unpaired) electrons. The molecule has 7 atom stereocenters. The average Bonchev–Trinajstić information content (AvgIpc) is 3.44. The largest absolute Gasteiger partial charge is 0.466 e. The number of nitrogens with two attached hydrogens (primary N) is 1. The van der Waals surface area contributed by atoms with Crippen molar-refractivity contribution in [2.45, 2.75) is 63.8 Å². The molecule has 0 bridgehead atoms. The number of rotatable bonds is 5. The predicted molar refractivity (Wildman–Crippen MR) is 119 cm³/mol. The third-order valence-corrected chi connectivity index (χ3v) is 5.95. The SMILES string of the molecule is C.CC[C@@H]1C=C(C(=O)OC)CC(N=[N+]=[N-])C1N.COC(=O)C1=CC2C(C(N=[N+]=[N-])C1)N2C. The van der Waals surface area contributed by atoms with Gasteiger partial charge in [-0.25, -0.2) is 9.59 Å². The molecule has 2 N–H and O–H groups in total. The highest BCUT2D eigenvalue weighted by molar-refractivity contribution is 5.89. The molecule has 6 unspecified atom stereocenters. The Labute approximate surface area is 187 Å². The Morgan fingerprint density at radius 3 is 2.09 bits per heavy atom. The summed E-state index contributed by atoms with van der Waals surface area (Å²) in [5.41, 5.74) is 24.0. The zero-order valence-corrected chi connectivity index (χ0v) is 18.1. The number of ether oxygens (including phenoxy) is 2. The van der Waals surface area contributed by atoms with Crippen LogP contribution in [-0.2, 0) is 19.1 Å². The first-order chi connectivity index (χ1) is 14.8. The number of carbonyl (C=O) groups excluding carboxylic acids is 2. The molecule has 0 spiro atoms. The fourth-order valence-corrected chi connectivity index (χ4v) is 4.12. The van der Waals surface area contributed by atoms with Crippen LogP contribution < -0.4 is 5.73 Å². The first-order valence-corrected chi connectivity index (χ1v) is 9.96. The van der Waals surface area contributed by atoms with Crippen molar-refractivity contribution in [3.8, 4) is 0 Å². The van der Waals surface area contributed by atoms with Crippen LogP contribution in [0.5, 0.6) is 0 Å². The van der Waals surface area contributed by atoms with Gasteiger partial charge in [0.2, 0.25) is 0 Å². The Hall–Kier alpha value is -3.04. The third-order valence-electron chi connectivity index (χ3n) is 5.95. The first kappa shape index (κ1) is 27.0. The lowest BCUT2D eigenvalue weighted by molar-refractivity contribution is -0.137. The highest BCUT2D eigenvalue weighted by Crippen LogP contribution is 2.39. The molecule has 1 fully saturated rings. The summed E-state index contributed by atoms with van der Waals surface area (Å²) in [6.45, 7) is 1.98. The van der Waals surface area contributed by atoms with Crippen molar-refractivity contribution in [3.63, 3.8) is 0 Å². The van der Waals surface area contributed by atoms with Crippen molar-refractivity contribution in [1.29, 1.82) is 0 Å². The Balaban J connectivity index is 0.000000311. The van der Waals surface area contributed by atoms with Crippen LogP contribution in [0.1, 0.15) is 33.6 Å². The number of esters is 2. The summed E-state index contributed by atoms with van der Waals surface area (Å²) in [5.74, 6) is -0.645. The van der Waals surface area contributed by atoms with E-state index >= 15 is 0 Å². The Kier molecular flexibility index (Phi) is 10.2. The molecule has 0 amide bonds. The highest BCUT2D eigenvalue weighted by Gasteiger charge is 2.51. The molecular weight excluding hydrogens is 416 g/mol. The van der Waals surface area contributed by atoms with E-state index in [0.29, 0.717) is 24.0 Å². The van der Waals surface area contributed by atoms with Gasteiger partial charge >= 0.3 is 11.9 Å². The Morgan fingerprint density at radius 1 is 1.09 bits per heavy atom. The van der Waals surface area contributed by atoms with Crippen molar-refractivity contribution >= 4 is 11.9 Å². The maximum atomic E-state index is 11.4. The van der Waals surface area contributed by atoms with Crippen LogP contribution in [0.25, 0.3) is 20.9 Å². The van der Waals surface area contributed by atoms with Gasteiger partial charge in [0.05, 0.1) is 26.3 Å². The quantitative estimate of drug-likeness (QED) is 0.222. The minimum atomic E-state index is -0.372. The van der Waals surface area contributed by atoms with Crippen molar-refractivity contribution in [2.24, 2.45) is 21.9 Å². The van der Waals surface area contributed by atoms with Crippen LogP contribution in [0.3, 0.4) is 0 Å². The van der Waals surface area contributed by atoms with Crippen LogP contribution in [0, 0.1) is 5.92 Å². The lowest BCUT2D eigenvalue weighted by atomic mass is 9.82. The molecule has 12 nitrogen and oxygen atoms in total. The molecule has 12 heteroatoms. The van der Waals surface area contributed by atoms with E-state index in [2.05, 4.69) is 34.4 Å². The molecule has 3 rings (SSSR count). The van der Waals surface area contributed by atoms with E-state index in [1.807, 2.05) is 26.1 Å². The number of fused-ring (bicyclic) bond motifs is 1. The summed E-state index contributed by atoms with van der Waals surface area (Å²) in [4.78, 5) is 30.4. The summed E-state index contributed by atoms with van der Waals surface area (Å²) in [6.07, 6.45) is 5.37. The molecular formula is C20H32N8O4. The molecule has 176 valence electrons. The van der Waals surface area contributed by atoms with Gasteiger partial charge in [-0.3, -0.25) is 4.90 Å². The van der Waals surface area contributed by atoms with Crippen LogP contribution in [0.15, 0.2) is 33.5 Å². The van der Waals surface area contributed by atoms with Crippen LogP contribution in [0.2, 0.25) is 0 Å². The average molecular weight is 449 g/mol. The van der Waals surface area contributed by atoms with Gasteiger partial charge in [0, 0.05) is 39.1 Å². The van der Waals surface area contributed by atoms with Crippen molar-refractivity contribution in [2.75, 3.05) is 21.3 Å². The van der Waals surface area contributed by atoms with Crippen molar-refractivity contribution in [1.82, 2.24) is 4.90 Å². The van der Waals surface area contributed by atoms with E-state index in [4.69, 9.17) is 16.8 Å². The van der Waals surface area contributed by atoms with Gasteiger partial charge in [-0.2, -0.15) is 0 Å². The summed E-state index contributed by atoms with van der Waals surface area (Å²) < 4.78 is 9.32. The summed E-state index contributed by atoms with van der Waals surface area (Å²) in [7, 11) is 4.64. The second kappa shape index (κ2) is 12.1. The van der Waals surface area contributed by atoms with Crippen molar-refractivity contribution in [3.05, 3.63) is 44.2 Å². The minimum Gasteiger partial charge on any atom is -0.466 e. The van der Waals surface area contributed by atoms with Gasteiger partial charge in [0.25, 0.3) is 0 Å². The van der Waals surface area contributed by atoms with Gasteiger partial charge in [-0.15, -0.1) is 0 Å². The number of hydrogen-bond donors (Lipinski definition) is 1.